The maximum atomic E-state index is 13.4. The molecule has 1 aromatic heterocycles. The Balaban J connectivity index is 1.08. The minimum absolute atomic E-state index is 0.0335. The van der Waals surface area contributed by atoms with E-state index >= 15 is 0 Å². The van der Waals surface area contributed by atoms with Crippen molar-refractivity contribution in [2.24, 2.45) is 5.92 Å². The summed E-state index contributed by atoms with van der Waals surface area (Å²) in [5, 5.41) is 8.88. The maximum absolute atomic E-state index is 13.4. The van der Waals surface area contributed by atoms with E-state index in [2.05, 4.69) is 32.7 Å². The quantitative estimate of drug-likeness (QED) is 0.352. The number of Topliss-reactive ketones (excluding diaryl/α,β-unsaturated/α-hetero) is 1. The Morgan fingerprint density at radius 3 is 2.63 bits per heavy atom. The number of carbonyl (C=O) groups excluding carboxylic acids is 2. The van der Waals surface area contributed by atoms with Crippen LogP contribution in [0.4, 0.5) is 10.3 Å². The second-order valence-electron chi connectivity index (χ2n) is 9.21. The Morgan fingerprint density at radius 1 is 1.03 bits per heavy atom. The van der Waals surface area contributed by atoms with Gasteiger partial charge in [-0.2, -0.15) is 0 Å². The fourth-order valence-corrected chi connectivity index (χ4v) is 5.51. The third-order valence-corrected chi connectivity index (χ3v) is 7.51. The van der Waals surface area contributed by atoms with Gasteiger partial charge in [-0.25, -0.2) is 14.4 Å². The Morgan fingerprint density at radius 2 is 1.83 bits per heavy atom. The predicted octanol–water partition coefficient (Wildman–Crippen LogP) is 5.10. The van der Waals surface area contributed by atoms with Crippen molar-refractivity contribution in [1.82, 2.24) is 15.3 Å². The molecule has 2 N–H and O–H groups in total. The molecule has 5 rings (SSSR count). The van der Waals surface area contributed by atoms with Crippen LogP contribution in [0.1, 0.15) is 43.4 Å². The van der Waals surface area contributed by atoms with E-state index in [-0.39, 0.29) is 23.1 Å². The van der Waals surface area contributed by atoms with E-state index in [1.165, 1.54) is 11.6 Å². The van der Waals surface area contributed by atoms with Crippen LogP contribution in [0.15, 0.2) is 53.6 Å². The van der Waals surface area contributed by atoms with Gasteiger partial charge in [-0.05, 0) is 96.6 Å². The Kier molecular flexibility index (Phi) is 7.20. The number of fused-ring (bicyclic) bond motifs is 1. The third-order valence-electron chi connectivity index (χ3n) is 6.57. The van der Waals surface area contributed by atoms with E-state index in [4.69, 9.17) is 0 Å². The van der Waals surface area contributed by atoms with Gasteiger partial charge in [-0.15, -0.1) is 0 Å². The van der Waals surface area contributed by atoms with Gasteiger partial charge in [0.2, 0.25) is 11.1 Å². The number of anilines is 1. The van der Waals surface area contributed by atoms with Crippen molar-refractivity contribution in [1.29, 1.82) is 0 Å². The van der Waals surface area contributed by atoms with Gasteiger partial charge in [0.05, 0.1) is 17.0 Å². The summed E-state index contributed by atoms with van der Waals surface area (Å²) in [5.74, 6) is 0.833. The van der Waals surface area contributed by atoms with Crippen LogP contribution in [0, 0.1) is 11.7 Å². The molecule has 1 saturated heterocycles. The molecule has 8 heteroatoms. The zero-order chi connectivity index (χ0) is 24.2. The van der Waals surface area contributed by atoms with Gasteiger partial charge in [0.1, 0.15) is 5.82 Å². The first-order valence-electron chi connectivity index (χ1n) is 12.0. The second kappa shape index (κ2) is 10.7. The van der Waals surface area contributed by atoms with Crippen molar-refractivity contribution in [2.75, 3.05) is 11.9 Å². The van der Waals surface area contributed by atoms with Crippen molar-refractivity contribution in [3.63, 3.8) is 0 Å². The molecule has 1 saturated carbocycles. The zero-order valence-corrected chi connectivity index (χ0v) is 20.1. The topological polar surface area (TPSA) is 84.0 Å². The highest BCUT2D eigenvalue weighted by Crippen LogP contribution is 2.30. The molecule has 0 atom stereocenters. The van der Waals surface area contributed by atoms with Gasteiger partial charge in [0.25, 0.3) is 0 Å². The minimum atomic E-state index is -0.206. The highest BCUT2D eigenvalue weighted by Gasteiger charge is 2.26. The van der Waals surface area contributed by atoms with Crippen LogP contribution >= 0.6 is 11.8 Å². The van der Waals surface area contributed by atoms with E-state index < -0.39 is 0 Å². The highest BCUT2D eigenvalue weighted by atomic mass is 32.2. The first kappa shape index (κ1) is 23.6. The standard InChI is InChI=1S/C27H27FN4O2S/c28-21-6-5-19-11-18(1-4-20(19)12-21)16-29-15-17-2-7-22(8-3-17)31-27-30-10-9-23(32-27)13-25-24(33)14-26(34)35-25/h1,4-6,9-13,17,22,29H,2-3,7-8,14-16H2,(H,30,31,32)/b25-13-. The molecule has 6 nitrogen and oxygen atoms in total. The third kappa shape index (κ3) is 6.13. The summed E-state index contributed by atoms with van der Waals surface area (Å²) >= 11 is 0.988. The molecule has 1 aliphatic carbocycles. The number of aromatic nitrogens is 2. The average molecular weight is 491 g/mol. The van der Waals surface area contributed by atoms with E-state index in [0.717, 1.165) is 61.3 Å². The fourth-order valence-electron chi connectivity index (χ4n) is 4.69. The van der Waals surface area contributed by atoms with Crippen molar-refractivity contribution in [3.8, 4) is 0 Å². The number of nitrogens with one attached hydrogen (secondary N) is 2. The van der Waals surface area contributed by atoms with Crippen molar-refractivity contribution < 1.29 is 14.0 Å². The summed E-state index contributed by atoms with van der Waals surface area (Å²) in [4.78, 5) is 32.6. The number of ketones is 1. The molecule has 35 heavy (non-hydrogen) atoms. The summed E-state index contributed by atoms with van der Waals surface area (Å²) < 4.78 is 13.4. The van der Waals surface area contributed by atoms with Gasteiger partial charge in [-0.1, -0.05) is 18.2 Å². The van der Waals surface area contributed by atoms with Gasteiger partial charge in [-0.3, -0.25) is 9.59 Å². The summed E-state index contributed by atoms with van der Waals surface area (Å²) in [7, 11) is 0. The summed E-state index contributed by atoms with van der Waals surface area (Å²) in [6.45, 7) is 1.77. The molecular weight excluding hydrogens is 463 g/mol. The van der Waals surface area contributed by atoms with Crippen LogP contribution < -0.4 is 10.6 Å². The molecule has 1 aliphatic heterocycles. The van der Waals surface area contributed by atoms with Crippen LogP contribution in [0.25, 0.3) is 16.8 Å². The van der Waals surface area contributed by atoms with Crippen LogP contribution in [-0.4, -0.2) is 33.5 Å². The normalized spacial score (nSPS) is 21.7. The van der Waals surface area contributed by atoms with Gasteiger partial charge in [0.15, 0.2) is 5.78 Å². The van der Waals surface area contributed by atoms with Gasteiger partial charge in [0, 0.05) is 18.8 Å². The molecule has 2 aliphatic rings. The number of allylic oxidation sites excluding steroid dienone is 1. The molecule has 0 bridgehead atoms. The molecule has 2 heterocycles. The minimum Gasteiger partial charge on any atom is -0.351 e. The zero-order valence-electron chi connectivity index (χ0n) is 19.3. The molecule has 180 valence electrons. The number of hydrogen-bond donors (Lipinski definition) is 2. The molecule has 2 fully saturated rings. The number of hydrogen-bond acceptors (Lipinski definition) is 7. The number of benzene rings is 2. The summed E-state index contributed by atoms with van der Waals surface area (Å²) in [6.07, 6.45) is 7.65. The van der Waals surface area contributed by atoms with E-state index in [0.29, 0.717) is 28.5 Å². The molecule has 0 radical (unpaired) electrons. The van der Waals surface area contributed by atoms with Crippen LogP contribution in [0.3, 0.4) is 0 Å². The maximum Gasteiger partial charge on any atom is 0.223 e. The Labute approximate surface area is 207 Å². The number of rotatable bonds is 7. The summed E-state index contributed by atoms with van der Waals surface area (Å²) in [6, 6.07) is 13.1. The lowest BCUT2D eigenvalue weighted by molar-refractivity contribution is -0.119. The lowest BCUT2D eigenvalue weighted by atomic mass is 9.86. The van der Waals surface area contributed by atoms with E-state index in [1.54, 1.807) is 24.4 Å². The fraction of sp³-hybridized carbons (Fsp3) is 0.333. The van der Waals surface area contributed by atoms with Gasteiger partial charge >= 0.3 is 0 Å². The average Bonchev–Trinajstić information content (AvgIpc) is 3.16. The van der Waals surface area contributed by atoms with E-state index in [9.17, 15) is 14.0 Å². The number of halogens is 1. The number of carbonyl (C=O) groups is 2. The van der Waals surface area contributed by atoms with Crippen LogP contribution in [-0.2, 0) is 16.1 Å². The Hall–Kier alpha value is -3.10. The van der Waals surface area contributed by atoms with Crippen molar-refractivity contribution in [3.05, 3.63) is 70.6 Å². The first-order chi connectivity index (χ1) is 17.0. The predicted molar refractivity (Wildman–Crippen MR) is 137 cm³/mol. The highest BCUT2D eigenvalue weighted by molar-refractivity contribution is 8.18. The molecule has 0 unspecified atom stereocenters. The van der Waals surface area contributed by atoms with Crippen LogP contribution in [0.2, 0.25) is 0 Å². The molecule has 0 spiro atoms. The molecule has 3 aromatic rings. The molecule has 0 amide bonds. The van der Waals surface area contributed by atoms with Crippen molar-refractivity contribution >= 4 is 45.5 Å². The molecule has 2 aromatic carbocycles. The van der Waals surface area contributed by atoms with Crippen molar-refractivity contribution in [2.45, 2.75) is 44.7 Å². The van der Waals surface area contributed by atoms with Gasteiger partial charge < -0.3 is 10.6 Å². The SMILES string of the molecule is O=C1CC(=O)/C(=C/c2ccnc(NC3CCC(CNCc4ccc5cc(F)ccc5c4)CC3)n2)S1. The molecular formula is C27H27FN4O2S. The smallest absolute Gasteiger partial charge is 0.223 e. The Bertz CT molecular complexity index is 1290. The monoisotopic (exact) mass is 490 g/mol. The largest absolute Gasteiger partial charge is 0.351 e. The lowest BCUT2D eigenvalue weighted by Crippen LogP contribution is -2.31. The first-order valence-corrected chi connectivity index (χ1v) is 12.8. The van der Waals surface area contributed by atoms with Crippen LogP contribution in [0.5, 0.6) is 0 Å². The second-order valence-corrected chi connectivity index (χ2v) is 10.3. The number of thioether (sulfide) groups is 1. The van der Waals surface area contributed by atoms with E-state index in [1.807, 2.05) is 12.1 Å². The number of nitrogens with zero attached hydrogens (tertiary/aromatic N) is 2. The summed E-state index contributed by atoms with van der Waals surface area (Å²) in [5.41, 5.74) is 1.83. The lowest BCUT2D eigenvalue weighted by Gasteiger charge is -2.29.